The Hall–Kier alpha value is -1.48. The van der Waals surface area contributed by atoms with Crippen molar-refractivity contribution in [2.24, 2.45) is 17.8 Å². The predicted octanol–water partition coefficient (Wildman–Crippen LogP) is 5.05. The van der Waals surface area contributed by atoms with Gasteiger partial charge in [0, 0.05) is 18.0 Å². The lowest BCUT2D eigenvalue weighted by Gasteiger charge is -2.16. The van der Waals surface area contributed by atoms with Crippen LogP contribution in [0.5, 0.6) is 0 Å². The van der Waals surface area contributed by atoms with Gasteiger partial charge in [-0.15, -0.1) is 0 Å². The van der Waals surface area contributed by atoms with Crippen LogP contribution in [0.2, 0.25) is 0 Å². The van der Waals surface area contributed by atoms with Crippen molar-refractivity contribution in [1.29, 1.82) is 0 Å². The summed E-state index contributed by atoms with van der Waals surface area (Å²) in [4.78, 5) is 15.5. The van der Waals surface area contributed by atoms with E-state index in [2.05, 4.69) is 4.98 Å². The molecule has 1 aromatic carbocycles. The minimum atomic E-state index is -0.206. The molecule has 0 saturated heterocycles. The Morgan fingerprint density at radius 1 is 1.17 bits per heavy atom. The summed E-state index contributed by atoms with van der Waals surface area (Å²) in [6.45, 7) is 0. The standard InChI is InChI=1S/C19H19ClFNO/c20-19(23)7-11-5-12-8-14(9-13(12)6-11)16-3-4-22-18-2-1-15(21)10-17(16)18/h1-4,10-14H,5-9H2/t11-,12-,13+,14+. The molecule has 0 aliphatic heterocycles. The van der Waals surface area contributed by atoms with Gasteiger partial charge in [-0.2, -0.15) is 0 Å². The predicted molar refractivity (Wildman–Crippen MR) is 88.9 cm³/mol. The molecule has 1 aromatic heterocycles. The first-order chi connectivity index (χ1) is 11.1. The first-order valence-electron chi connectivity index (χ1n) is 8.32. The van der Waals surface area contributed by atoms with Crippen LogP contribution in [0, 0.1) is 23.6 Å². The second-order valence-electron chi connectivity index (χ2n) is 7.15. The highest BCUT2D eigenvalue weighted by molar-refractivity contribution is 6.63. The Morgan fingerprint density at radius 3 is 2.61 bits per heavy atom. The number of fused-ring (bicyclic) bond motifs is 2. The molecule has 4 rings (SSSR count). The van der Waals surface area contributed by atoms with E-state index in [1.165, 1.54) is 11.6 Å². The van der Waals surface area contributed by atoms with Crippen molar-refractivity contribution in [3.05, 3.63) is 41.8 Å². The van der Waals surface area contributed by atoms with Crippen LogP contribution in [-0.2, 0) is 4.79 Å². The molecule has 2 nitrogen and oxygen atoms in total. The topological polar surface area (TPSA) is 30.0 Å². The molecule has 2 aliphatic rings. The summed E-state index contributed by atoms with van der Waals surface area (Å²) >= 11 is 5.54. The molecule has 0 bridgehead atoms. The summed E-state index contributed by atoms with van der Waals surface area (Å²) in [7, 11) is 0. The fourth-order valence-electron chi connectivity index (χ4n) is 4.89. The zero-order chi connectivity index (χ0) is 16.0. The molecule has 0 amide bonds. The highest BCUT2D eigenvalue weighted by Gasteiger charge is 2.42. The maximum atomic E-state index is 13.6. The monoisotopic (exact) mass is 331 g/mol. The number of carbonyl (C=O) groups is 1. The first-order valence-corrected chi connectivity index (χ1v) is 8.70. The van der Waals surface area contributed by atoms with Gasteiger partial charge < -0.3 is 0 Å². The Labute approximate surface area is 140 Å². The van der Waals surface area contributed by atoms with Crippen LogP contribution in [0.3, 0.4) is 0 Å². The van der Waals surface area contributed by atoms with E-state index in [1.807, 2.05) is 12.3 Å². The molecule has 1 heterocycles. The van der Waals surface area contributed by atoms with Gasteiger partial charge in [-0.3, -0.25) is 9.78 Å². The maximum absolute atomic E-state index is 13.6. The van der Waals surface area contributed by atoms with Gasteiger partial charge in [0.2, 0.25) is 5.24 Å². The summed E-state index contributed by atoms with van der Waals surface area (Å²) in [6.07, 6.45) is 6.83. The van der Waals surface area contributed by atoms with Crippen molar-refractivity contribution in [3.8, 4) is 0 Å². The molecule has 2 aromatic rings. The summed E-state index contributed by atoms with van der Waals surface area (Å²) in [5, 5.41) is 0.743. The molecule has 2 fully saturated rings. The molecule has 4 heteroatoms. The second kappa shape index (κ2) is 5.86. The highest BCUT2D eigenvalue weighted by Crippen LogP contribution is 2.53. The quantitative estimate of drug-likeness (QED) is 0.737. The number of nitrogens with zero attached hydrogens (tertiary/aromatic N) is 1. The highest BCUT2D eigenvalue weighted by atomic mass is 35.5. The molecule has 120 valence electrons. The lowest BCUT2D eigenvalue weighted by Crippen LogP contribution is -2.04. The summed E-state index contributed by atoms with van der Waals surface area (Å²) < 4.78 is 13.6. The van der Waals surface area contributed by atoms with Crippen LogP contribution in [0.15, 0.2) is 30.5 Å². The van der Waals surface area contributed by atoms with Crippen molar-refractivity contribution in [2.75, 3.05) is 0 Å². The molecule has 0 spiro atoms. The van der Waals surface area contributed by atoms with Crippen LogP contribution in [0.25, 0.3) is 10.9 Å². The average Bonchev–Trinajstić information content (AvgIpc) is 3.04. The number of pyridine rings is 1. The van der Waals surface area contributed by atoms with Gasteiger partial charge in [-0.1, -0.05) is 0 Å². The molecule has 2 saturated carbocycles. The zero-order valence-electron chi connectivity index (χ0n) is 12.8. The normalized spacial score (nSPS) is 29.8. The van der Waals surface area contributed by atoms with Crippen LogP contribution in [0.4, 0.5) is 4.39 Å². The zero-order valence-corrected chi connectivity index (χ0v) is 13.6. The van der Waals surface area contributed by atoms with Gasteiger partial charge in [0.05, 0.1) is 5.52 Å². The van der Waals surface area contributed by atoms with Crippen molar-refractivity contribution >= 4 is 27.7 Å². The molecular formula is C19H19ClFNO. The minimum Gasteiger partial charge on any atom is -0.281 e. The largest absolute Gasteiger partial charge is 0.281 e. The SMILES string of the molecule is O=C(Cl)C[C@@H]1C[C@@H]2C[C@H](c3ccnc4ccc(F)cc34)C[C@@H]2C1. The molecule has 0 unspecified atom stereocenters. The van der Waals surface area contributed by atoms with Gasteiger partial charge in [0.1, 0.15) is 5.82 Å². The number of aromatic nitrogens is 1. The van der Waals surface area contributed by atoms with E-state index in [1.54, 1.807) is 12.1 Å². The van der Waals surface area contributed by atoms with E-state index >= 15 is 0 Å². The Morgan fingerprint density at radius 2 is 1.91 bits per heavy atom. The molecule has 0 N–H and O–H groups in total. The second-order valence-corrected chi connectivity index (χ2v) is 7.57. The van der Waals surface area contributed by atoms with E-state index in [9.17, 15) is 9.18 Å². The lowest BCUT2D eigenvalue weighted by atomic mass is 9.90. The number of carbonyl (C=O) groups excluding carboxylic acids is 1. The fourth-order valence-corrected chi connectivity index (χ4v) is 5.10. The Bertz CT molecular complexity index is 748. The van der Waals surface area contributed by atoms with Gasteiger partial charge in [0.25, 0.3) is 0 Å². The van der Waals surface area contributed by atoms with Crippen LogP contribution in [0.1, 0.15) is 43.6 Å². The van der Waals surface area contributed by atoms with Crippen LogP contribution >= 0.6 is 11.6 Å². The van der Waals surface area contributed by atoms with Crippen molar-refractivity contribution in [2.45, 2.75) is 38.0 Å². The smallest absolute Gasteiger partial charge is 0.221 e. The summed E-state index contributed by atoms with van der Waals surface area (Å²) in [6, 6.07) is 6.89. The molecule has 2 aliphatic carbocycles. The van der Waals surface area contributed by atoms with Gasteiger partial charge in [-0.25, -0.2) is 4.39 Å². The van der Waals surface area contributed by atoms with Gasteiger partial charge >= 0.3 is 0 Å². The van der Waals surface area contributed by atoms with Crippen molar-refractivity contribution < 1.29 is 9.18 Å². The molecular weight excluding hydrogens is 313 g/mol. The number of rotatable bonds is 3. The molecule has 4 atom stereocenters. The van der Waals surface area contributed by atoms with Gasteiger partial charge in [-0.05, 0) is 90.8 Å². The third-order valence-corrected chi connectivity index (χ3v) is 5.89. The first kappa shape index (κ1) is 15.1. The van der Waals surface area contributed by atoms with E-state index in [0.29, 0.717) is 30.1 Å². The number of hydrogen-bond donors (Lipinski definition) is 0. The molecule has 23 heavy (non-hydrogen) atoms. The Kier molecular flexibility index (Phi) is 3.84. The Balaban J connectivity index is 1.56. The van der Waals surface area contributed by atoms with Crippen molar-refractivity contribution in [1.82, 2.24) is 4.98 Å². The summed E-state index contributed by atoms with van der Waals surface area (Å²) in [5.41, 5.74) is 2.10. The van der Waals surface area contributed by atoms with E-state index in [0.717, 1.165) is 36.6 Å². The summed E-state index contributed by atoms with van der Waals surface area (Å²) in [5.74, 6) is 2.09. The number of halogens is 2. The van der Waals surface area contributed by atoms with Crippen LogP contribution in [-0.4, -0.2) is 10.2 Å². The fraction of sp³-hybridized carbons (Fsp3) is 0.474. The average molecular weight is 332 g/mol. The van der Waals surface area contributed by atoms with E-state index in [-0.39, 0.29) is 11.1 Å². The van der Waals surface area contributed by atoms with Crippen molar-refractivity contribution in [3.63, 3.8) is 0 Å². The van der Waals surface area contributed by atoms with Crippen LogP contribution < -0.4 is 0 Å². The number of benzene rings is 1. The maximum Gasteiger partial charge on any atom is 0.221 e. The van der Waals surface area contributed by atoms with Gasteiger partial charge in [0.15, 0.2) is 0 Å². The number of hydrogen-bond acceptors (Lipinski definition) is 2. The van der Waals surface area contributed by atoms with E-state index < -0.39 is 0 Å². The molecule has 0 radical (unpaired) electrons. The third-order valence-electron chi connectivity index (χ3n) is 5.74. The third kappa shape index (κ3) is 2.87. The lowest BCUT2D eigenvalue weighted by molar-refractivity contribution is -0.112. The minimum absolute atomic E-state index is 0.203. The van der Waals surface area contributed by atoms with E-state index in [4.69, 9.17) is 11.6 Å².